The molecule has 1 aromatic carbocycles. The molecule has 1 aromatic rings. The number of imide groups is 1. The Morgan fingerprint density at radius 3 is 2.15 bits per heavy atom. The maximum absolute atomic E-state index is 12.8. The Hall–Kier alpha value is -2.70. The highest BCUT2D eigenvalue weighted by Crippen LogP contribution is 2.56. The third-order valence-electron chi connectivity index (χ3n) is 6.13. The molecular weight excluding hydrogens is 348 g/mol. The maximum Gasteiger partial charge on any atom is 0.303 e. The van der Waals surface area contributed by atoms with E-state index in [0.29, 0.717) is 23.2 Å². The molecule has 4 rings (SSSR count). The van der Waals surface area contributed by atoms with Gasteiger partial charge in [0.1, 0.15) is 0 Å². The van der Waals surface area contributed by atoms with Crippen LogP contribution in [0, 0.1) is 23.7 Å². The zero-order valence-corrected chi connectivity index (χ0v) is 14.9. The maximum atomic E-state index is 12.8. The average molecular weight is 370 g/mol. The lowest BCUT2D eigenvalue weighted by Gasteiger charge is -2.19. The normalized spacial score (nSPS) is 28.5. The van der Waals surface area contributed by atoms with E-state index in [2.05, 4.69) is 5.32 Å². The number of rotatable bonds is 6. The van der Waals surface area contributed by atoms with Crippen molar-refractivity contribution in [2.75, 3.05) is 10.2 Å². The van der Waals surface area contributed by atoms with E-state index in [1.165, 1.54) is 4.90 Å². The summed E-state index contributed by atoms with van der Waals surface area (Å²) in [6.45, 7) is 0. The highest BCUT2D eigenvalue weighted by atomic mass is 16.4. The number of carbonyl (C=O) groups is 4. The first-order valence-corrected chi connectivity index (χ1v) is 9.45. The van der Waals surface area contributed by atoms with Crippen LogP contribution in [0.4, 0.5) is 11.4 Å². The van der Waals surface area contributed by atoms with Gasteiger partial charge in [-0.3, -0.25) is 24.1 Å². The van der Waals surface area contributed by atoms with Gasteiger partial charge in [-0.2, -0.15) is 0 Å². The van der Waals surface area contributed by atoms with E-state index in [-0.39, 0.29) is 48.8 Å². The van der Waals surface area contributed by atoms with Gasteiger partial charge in [0.2, 0.25) is 17.7 Å². The van der Waals surface area contributed by atoms with E-state index in [0.717, 1.165) is 19.3 Å². The second-order valence-corrected chi connectivity index (χ2v) is 7.74. The predicted molar refractivity (Wildman–Crippen MR) is 96.9 cm³/mol. The summed E-state index contributed by atoms with van der Waals surface area (Å²) >= 11 is 0. The van der Waals surface area contributed by atoms with Gasteiger partial charge in [0, 0.05) is 18.5 Å². The van der Waals surface area contributed by atoms with Crippen molar-refractivity contribution in [1.82, 2.24) is 0 Å². The fourth-order valence-corrected chi connectivity index (χ4v) is 4.98. The fraction of sp³-hybridized carbons (Fsp3) is 0.500. The molecule has 2 aliphatic carbocycles. The molecule has 7 heteroatoms. The summed E-state index contributed by atoms with van der Waals surface area (Å²) in [7, 11) is 0. The van der Waals surface area contributed by atoms with Crippen LogP contribution in [0.5, 0.6) is 0 Å². The van der Waals surface area contributed by atoms with Gasteiger partial charge in [0.05, 0.1) is 17.5 Å². The molecule has 3 amide bonds. The van der Waals surface area contributed by atoms with Crippen molar-refractivity contribution in [3.8, 4) is 0 Å². The summed E-state index contributed by atoms with van der Waals surface area (Å²) in [6, 6.07) is 6.67. The summed E-state index contributed by atoms with van der Waals surface area (Å²) in [6.07, 6.45) is 3.46. The number of carbonyl (C=O) groups excluding carboxylic acids is 3. The summed E-state index contributed by atoms with van der Waals surface area (Å²) in [5, 5.41) is 11.3. The molecule has 142 valence electrons. The van der Waals surface area contributed by atoms with E-state index in [4.69, 9.17) is 5.11 Å². The third kappa shape index (κ3) is 3.11. The Labute approximate surface area is 156 Å². The molecule has 1 aliphatic heterocycles. The summed E-state index contributed by atoms with van der Waals surface area (Å²) in [5.74, 6) is -0.939. The van der Waals surface area contributed by atoms with Crippen molar-refractivity contribution >= 4 is 35.1 Å². The van der Waals surface area contributed by atoms with Crippen molar-refractivity contribution in [1.29, 1.82) is 0 Å². The van der Waals surface area contributed by atoms with Gasteiger partial charge in [0.25, 0.3) is 0 Å². The first kappa shape index (κ1) is 17.7. The molecule has 0 aromatic heterocycles. The van der Waals surface area contributed by atoms with Gasteiger partial charge in [0.15, 0.2) is 0 Å². The molecule has 1 saturated heterocycles. The van der Waals surface area contributed by atoms with Crippen LogP contribution in [-0.2, 0) is 19.2 Å². The topological polar surface area (TPSA) is 104 Å². The second kappa shape index (κ2) is 6.79. The van der Waals surface area contributed by atoms with Gasteiger partial charge in [-0.15, -0.1) is 0 Å². The van der Waals surface area contributed by atoms with E-state index < -0.39 is 5.97 Å². The predicted octanol–water partition coefficient (Wildman–Crippen LogP) is 2.42. The number of hydrogen-bond acceptors (Lipinski definition) is 4. The minimum absolute atomic E-state index is 0.0458. The minimum Gasteiger partial charge on any atom is -0.481 e. The molecule has 4 atom stereocenters. The molecule has 7 nitrogen and oxygen atoms in total. The number of benzene rings is 1. The lowest BCUT2D eigenvalue weighted by molar-refractivity contribution is -0.137. The molecule has 3 fully saturated rings. The lowest BCUT2D eigenvalue weighted by atomic mass is 9.81. The zero-order valence-electron chi connectivity index (χ0n) is 14.9. The smallest absolute Gasteiger partial charge is 0.303 e. The number of carboxylic acids is 1. The molecule has 2 N–H and O–H groups in total. The molecule has 0 radical (unpaired) electrons. The van der Waals surface area contributed by atoms with Gasteiger partial charge >= 0.3 is 5.97 Å². The van der Waals surface area contributed by atoms with Crippen LogP contribution >= 0.6 is 0 Å². The van der Waals surface area contributed by atoms with Crippen molar-refractivity contribution in [2.24, 2.45) is 23.7 Å². The van der Waals surface area contributed by atoms with Gasteiger partial charge in [-0.05, 0) is 61.8 Å². The molecule has 2 saturated carbocycles. The number of amides is 3. The van der Waals surface area contributed by atoms with Crippen molar-refractivity contribution < 1.29 is 24.3 Å². The Bertz CT molecular complexity index is 775. The number of fused-ring (bicyclic) bond motifs is 5. The molecule has 1 heterocycles. The third-order valence-corrected chi connectivity index (χ3v) is 6.13. The number of nitrogens with zero attached hydrogens (tertiary/aromatic N) is 1. The largest absolute Gasteiger partial charge is 0.481 e. The number of anilines is 2. The Morgan fingerprint density at radius 1 is 1.00 bits per heavy atom. The SMILES string of the molecule is O=C(O)CCCC(=O)Nc1ccc(N2C(=O)C3C4CCC(C4)C3C2=O)cc1. The average Bonchev–Trinajstić information content (AvgIpc) is 3.30. The number of hydrogen-bond donors (Lipinski definition) is 2. The van der Waals surface area contributed by atoms with Crippen LogP contribution in [-0.4, -0.2) is 28.8 Å². The highest BCUT2D eigenvalue weighted by molar-refractivity contribution is 6.22. The summed E-state index contributed by atoms with van der Waals surface area (Å²) in [4.78, 5) is 49.2. The lowest BCUT2D eigenvalue weighted by Crippen LogP contribution is -2.32. The van der Waals surface area contributed by atoms with Crippen molar-refractivity contribution in [3.05, 3.63) is 24.3 Å². The van der Waals surface area contributed by atoms with Crippen LogP contribution in [0.25, 0.3) is 0 Å². The number of aliphatic carboxylic acids is 1. The van der Waals surface area contributed by atoms with Crippen LogP contribution in [0.3, 0.4) is 0 Å². The molecule has 3 aliphatic rings. The first-order chi connectivity index (χ1) is 13.0. The highest BCUT2D eigenvalue weighted by Gasteiger charge is 2.61. The Balaban J connectivity index is 1.41. The van der Waals surface area contributed by atoms with Crippen LogP contribution < -0.4 is 10.2 Å². The van der Waals surface area contributed by atoms with E-state index in [1.54, 1.807) is 24.3 Å². The van der Waals surface area contributed by atoms with Crippen LogP contribution in [0.15, 0.2) is 24.3 Å². The van der Waals surface area contributed by atoms with E-state index in [9.17, 15) is 19.2 Å². The number of nitrogens with one attached hydrogen (secondary N) is 1. The van der Waals surface area contributed by atoms with Crippen molar-refractivity contribution in [2.45, 2.75) is 38.5 Å². The summed E-state index contributed by atoms with van der Waals surface area (Å²) < 4.78 is 0. The molecular formula is C20H22N2O5. The van der Waals surface area contributed by atoms with Crippen molar-refractivity contribution in [3.63, 3.8) is 0 Å². The first-order valence-electron chi connectivity index (χ1n) is 9.45. The minimum atomic E-state index is -0.926. The van der Waals surface area contributed by atoms with E-state index in [1.807, 2.05) is 0 Å². The van der Waals surface area contributed by atoms with Gasteiger partial charge in [-0.1, -0.05) is 0 Å². The second-order valence-electron chi connectivity index (χ2n) is 7.74. The zero-order chi connectivity index (χ0) is 19.1. The van der Waals surface area contributed by atoms with Crippen LogP contribution in [0.2, 0.25) is 0 Å². The Morgan fingerprint density at radius 2 is 1.59 bits per heavy atom. The monoisotopic (exact) mass is 370 g/mol. The molecule has 27 heavy (non-hydrogen) atoms. The molecule has 4 unspecified atom stereocenters. The van der Waals surface area contributed by atoms with E-state index >= 15 is 0 Å². The van der Waals surface area contributed by atoms with Gasteiger partial charge < -0.3 is 10.4 Å². The number of carboxylic acid groups (broad SMARTS) is 1. The Kier molecular flexibility index (Phi) is 4.45. The van der Waals surface area contributed by atoms with Gasteiger partial charge in [-0.25, -0.2) is 0 Å². The fourth-order valence-electron chi connectivity index (χ4n) is 4.98. The molecule has 0 spiro atoms. The molecule has 2 bridgehead atoms. The standard InChI is InChI=1S/C20H22N2O5/c23-15(2-1-3-16(24)25)21-13-6-8-14(9-7-13)22-19(26)17-11-4-5-12(10-11)18(17)20(22)27/h6-9,11-12,17-18H,1-5,10H2,(H,21,23)(H,24,25). The van der Waals surface area contributed by atoms with Crippen LogP contribution in [0.1, 0.15) is 38.5 Å². The summed E-state index contributed by atoms with van der Waals surface area (Å²) in [5.41, 5.74) is 1.10. The quantitative estimate of drug-likeness (QED) is 0.749.